The van der Waals surface area contributed by atoms with Gasteiger partial charge in [-0.15, -0.1) is 0 Å². The fraction of sp³-hybridized carbons (Fsp3) is 0.375. The van der Waals surface area contributed by atoms with Crippen LogP contribution in [0.3, 0.4) is 0 Å². The van der Waals surface area contributed by atoms with Gasteiger partial charge in [0, 0.05) is 12.7 Å². The van der Waals surface area contributed by atoms with Gasteiger partial charge in [0.15, 0.2) is 0 Å². The Morgan fingerprint density at radius 3 is 2.32 bits per heavy atom. The Kier molecular flexibility index (Phi) is 3.96. The molecule has 1 aromatic heterocycles. The smallest absolute Gasteiger partial charge is 0.116 e. The van der Waals surface area contributed by atoms with Crippen molar-refractivity contribution < 1.29 is 4.74 Å². The van der Waals surface area contributed by atoms with Crippen LogP contribution in [-0.2, 0) is 16.8 Å². The van der Waals surface area contributed by atoms with Crippen LogP contribution >= 0.6 is 0 Å². The van der Waals surface area contributed by atoms with Gasteiger partial charge in [-0.2, -0.15) is 0 Å². The molecule has 0 aliphatic rings. The lowest BCUT2D eigenvalue weighted by Crippen LogP contribution is -2.10. The second-order valence-corrected chi connectivity index (χ2v) is 5.65. The van der Waals surface area contributed by atoms with Gasteiger partial charge >= 0.3 is 0 Å². The molecule has 0 spiro atoms. The Bertz CT molecular complexity index is 541. The first-order valence-electron chi connectivity index (χ1n) is 6.41. The summed E-state index contributed by atoms with van der Waals surface area (Å²) < 4.78 is 5.09. The minimum absolute atomic E-state index is 0.172. The average Bonchev–Trinajstić information content (AvgIpc) is 2.39. The summed E-state index contributed by atoms with van der Waals surface area (Å²) in [7, 11) is 1.67. The second-order valence-electron chi connectivity index (χ2n) is 5.65. The lowest BCUT2D eigenvalue weighted by atomic mass is 9.86. The molecular weight excluding hydrogens is 236 g/mol. The van der Waals surface area contributed by atoms with Crippen LogP contribution in [0.25, 0.3) is 11.3 Å². The minimum Gasteiger partial charge on any atom is -0.378 e. The Hall–Kier alpha value is -1.74. The van der Waals surface area contributed by atoms with Gasteiger partial charge in [0.05, 0.1) is 18.0 Å². The number of nitrogens with zero attached hydrogens (tertiary/aromatic N) is 2. The molecule has 19 heavy (non-hydrogen) atoms. The van der Waals surface area contributed by atoms with E-state index in [1.807, 2.05) is 6.07 Å². The Morgan fingerprint density at radius 1 is 1.05 bits per heavy atom. The molecule has 0 bridgehead atoms. The zero-order chi connectivity index (χ0) is 13.9. The molecule has 2 aromatic rings. The number of methoxy groups -OCH3 is 1. The van der Waals surface area contributed by atoms with Crippen LogP contribution in [-0.4, -0.2) is 17.1 Å². The maximum atomic E-state index is 5.09. The topological polar surface area (TPSA) is 35.0 Å². The number of rotatable bonds is 3. The highest BCUT2D eigenvalue weighted by atomic mass is 16.5. The van der Waals surface area contributed by atoms with Gasteiger partial charge in [0.25, 0.3) is 0 Å². The fourth-order valence-corrected chi connectivity index (χ4v) is 1.92. The normalized spacial score (nSPS) is 11.6. The average molecular weight is 256 g/mol. The number of aromatic nitrogens is 2. The fourth-order valence-electron chi connectivity index (χ4n) is 1.92. The lowest BCUT2D eigenvalue weighted by molar-refractivity contribution is 0.181. The van der Waals surface area contributed by atoms with Crippen molar-refractivity contribution in [1.82, 2.24) is 9.97 Å². The van der Waals surface area contributed by atoms with Crippen molar-refractivity contribution in [3.05, 3.63) is 47.9 Å². The van der Waals surface area contributed by atoms with Crippen LogP contribution in [0, 0.1) is 0 Å². The van der Waals surface area contributed by atoms with E-state index in [0.717, 1.165) is 17.0 Å². The minimum atomic E-state index is 0.172. The maximum absolute atomic E-state index is 5.09. The SMILES string of the molecule is COCc1cc(-c2ccc(C(C)(C)C)cc2)ncn1. The number of hydrogen-bond donors (Lipinski definition) is 0. The first-order chi connectivity index (χ1) is 9.00. The summed E-state index contributed by atoms with van der Waals surface area (Å²) >= 11 is 0. The number of benzene rings is 1. The molecule has 0 amide bonds. The third-order valence-electron chi connectivity index (χ3n) is 3.06. The molecule has 3 nitrogen and oxygen atoms in total. The van der Waals surface area contributed by atoms with Gasteiger partial charge in [-0.3, -0.25) is 0 Å². The van der Waals surface area contributed by atoms with Gasteiger partial charge in [0.2, 0.25) is 0 Å². The van der Waals surface area contributed by atoms with Gasteiger partial charge in [0.1, 0.15) is 6.33 Å². The van der Waals surface area contributed by atoms with E-state index in [1.165, 1.54) is 5.56 Å². The molecule has 1 heterocycles. The molecule has 0 saturated heterocycles. The van der Waals surface area contributed by atoms with Crippen LogP contribution < -0.4 is 0 Å². The number of ether oxygens (including phenoxy) is 1. The van der Waals surface area contributed by atoms with E-state index in [2.05, 4.69) is 55.0 Å². The summed E-state index contributed by atoms with van der Waals surface area (Å²) in [5.41, 5.74) is 4.43. The first kappa shape index (κ1) is 13.7. The van der Waals surface area contributed by atoms with Crippen molar-refractivity contribution in [2.24, 2.45) is 0 Å². The largest absolute Gasteiger partial charge is 0.378 e. The van der Waals surface area contributed by atoms with Crippen LogP contribution in [0.4, 0.5) is 0 Å². The number of hydrogen-bond acceptors (Lipinski definition) is 3. The maximum Gasteiger partial charge on any atom is 0.116 e. The molecule has 0 atom stereocenters. The van der Waals surface area contributed by atoms with E-state index in [4.69, 9.17) is 4.74 Å². The van der Waals surface area contributed by atoms with E-state index < -0.39 is 0 Å². The molecule has 0 unspecified atom stereocenters. The third-order valence-corrected chi connectivity index (χ3v) is 3.06. The van der Waals surface area contributed by atoms with Crippen molar-refractivity contribution in [3.63, 3.8) is 0 Å². The highest BCUT2D eigenvalue weighted by Gasteiger charge is 2.13. The van der Waals surface area contributed by atoms with E-state index in [1.54, 1.807) is 13.4 Å². The Balaban J connectivity index is 2.29. The van der Waals surface area contributed by atoms with E-state index >= 15 is 0 Å². The highest BCUT2D eigenvalue weighted by Crippen LogP contribution is 2.25. The zero-order valence-corrected chi connectivity index (χ0v) is 12.0. The van der Waals surface area contributed by atoms with Gasteiger partial charge in [-0.05, 0) is 17.0 Å². The summed E-state index contributed by atoms with van der Waals surface area (Å²) in [5, 5.41) is 0. The molecule has 0 aliphatic heterocycles. The zero-order valence-electron chi connectivity index (χ0n) is 12.0. The Morgan fingerprint density at radius 2 is 1.74 bits per heavy atom. The molecule has 0 saturated carbocycles. The molecule has 0 radical (unpaired) electrons. The van der Waals surface area contributed by atoms with E-state index in [-0.39, 0.29) is 5.41 Å². The first-order valence-corrected chi connectivity index (χ1v) is 6.41. The molecule has 0 N–H and O–H groups in total. The molecule has 0 fully saturated rings. The van der Waals surface area contributed by atoms with Crippen molar-refractivity contribution in [1.29, 1.82) is 0 Å². The summed E-state index contributed by atoms with van der Waals surface area (Å²) in [5.74, 6) is 0. The standard InChI is InChI=1S/C16H20N2O/c1-16(2,3)13-7-5-12(6-8-13)15-9-14(10-19-4)17-11-18-15/h5-9,11H,10H2,1-4H3. The molecule has 1 aromatic carbocycles. The summed E-state index contributed by atoms with van der Waals surface area (Å²) in [4.78, 5) is 8.49. The predicted molar refractivity (Wildman–Crippen MR) is 76.9 cm³/mol. The molecule has 0 aliphatic carbocycles. The molecular formula is C16H20N2O. The van der Waals surface area contributed by atoms with Crippen molar-refractivity contribution in [3.8, 4) is 11.3 Å². The van der Waals surface area contributed by atoms with Gasteiger partial charge in [-0.1, -0.05) is 45.0 Å². The van der Waals surface area contributed by atoms with Crippen LogP contribution in [0.2, 0.25) is 0 Å². The summed E-state index contributed by atoms with van der Waals surface area (Å²) in [6.45, 7) is 7.14. The van der Waals surface area contributed by atoms with Crippen molar-refractivity contribution in [2.75, 3.05) is 7.11 Å². The highest BCUT2D eigenvalue weighted by molar-refractivity contribution is 5.59. The van der Waals surface area contributed by atoms with Gasteiger partial charge < -0.3 is 4.74 Å². The van der Waals surface area contributed by atoms with Crippen LogP contribution in [0.1, 0.15) is 32.0 Å². The lowest BCUT2D eigenvalue weighted by Gasteiger charge is -2.19. The van der Waals surface area contributed by atoms with E-state index in [0.29, 0.717) is 6.61 Å². The molecule has 2 rings (SSSR count). The van der Waals surface area contributed by atoms with Gasteiger partial charge in [-0.25, -0.2) is 9.97 Å². The molecule has 3 heteroatoms. The molecule has 100 valence electrons. The van der Waals surface area contributed by atoms with E-state index in [9.17, 15) is 0 Å². The van der Waals surface area contributed by atoms with Crippen LogP contribution in [0.5, 0.6) is 0 Å². The monoisotopic (exact) mass is 256 g/mol. The Labute approximate surface area is 114 Å². The van der Waals surface area contributed by atoms with Crippen molar-refractivity contribution >= 4 is 0 Å². The summed E-state index contributed by atoms with van der Waals surface area (Å²) in [6, 6.07) is 10.5. The predicted octanol–water partition coefficient (Wildman–Crippen LogP) is 3.59. The van der Waals surface area contributed by atoms with Crippen LogP contribution in [0.15, 0.2) is 36.7 Å². The quantitative estimate of drug-likeness (QED) is 0.841. The second kappa shape index (κ2) is 5.49. The summed E-state index contributed by atoms with van der Waals surface area (Å²) in [6.07, 6.45) is 1.58. The van der Waals surface area contributed by atoms with Crippen molar-refractivity contribution in [2.45, 2.75) is 32.8 Å². The third kappa shape index (κ3) is 3.38.